The second kappa shape index (κ2) is 8.07. The van der Waals surface area contributed by atoms with Crippen molar-refractivity contribution in [3.05, 3.63) is 94.5 Å². The predicted octanol–water partition coefficient (Wildman–Crippen LogP) is 5.72. The van der Waals surface area contributed by atoms with Crippen LogP contribution in [0.5, 0.6) is 0 Å². The van der Waals surface area contributed by atoms with E-state index in [1.54, 1.807) is 0 Å². The van der Waals surface area contributed by atoms with E-state index >= 15 is 0 Å². The largest absolute Gasteiger partial charge is 0.378 e. The standard InChI is InChI=1S/C28H28N2O/c1-29(2)24-14-12-20(13-15-24)16-26-25-17-22-10-6-7-11-23(22)18-27(25)30(28(26)31)19-21-8-4-3-5-9-21/h3-5,8-9,12-18H,6-7,10-11,19H2,1-2H3. The van der Waals surface area contributed by atoms with Crippen molar-refractivity contribution in [2.24, 2.45) is 0 Å². The number of aryl methyl sites for hydroxylation is 2. The van der Waals surface area contributed by atoms with Gasteiger partial charge in [0, 0.05) is 30.9 Å². The first kappa shape index (κ1) is 19.6. The molecule has 0 aromatic heterocycles. The van der Waals surface area contributed by atoms with Crippen LogP contribution in [0.1, 0.15) is 40.7 Å². The van der Waals surface area contributed by atoms with Gasteiger partial charge in [0.2, 0.25) is 0 Å². The van der Waals surface area contributed by atoms with Crippen LogP contribution in [0.2, 0.25) is 0 Å². The molecule has 0 saturated carbocycles. The molecule has 31 heavy (non-hydrogen) atoms. The molecule has 0 saturated heterocycles. The molecule has 1 heterocycles. The van der Waals surface area contributed by atoms with Gasteiger partial charge in [-0.15, -0.1) is 0 Å². The molecule has 1 amide bonds. The van der Waals surface area contributed by atoms with Gasteiger partial charge in [-0.3, -0.25) is 4.79 Å². The first-order valence-electron chi connectivity index (χ1n) is 11.1. The van der Waals surface area contributed by atoms with Crippen molar-refractivity contribution in [2.45, 2.75) is 32.2 Å². The average molecular weight is 409 g/mol. The second-order valence-electron chi connectivity index (χ2n) is 8.77. The van der Waals surface area contributed by atoms with Crippen molar-refractivity contribution in [1.82, 2.24) is 0 Å². The van der Waals surface area contributed by atoms with Crippen molar-refractivity contribution in [3.63, 3.8) is 0 Å². The Labute approximate surface area is 184 Å². The fourth-order valence-electron chi connectivity index (χ4n) is 4.68. The lowest BCUT2D eigenvalue weighted by atomic mass is 9.88. The second-order valence-corrected chi connectivity index (χ2v) is 8.77. The Hall–Kier alpha value is -3.33. The number of anilines is 2. The van der Waals surface area contributed by atoms with Gasteiger partial charge >= 0.3 is 0 Å². The van der Waals surface area contributed by atoms with E-state index in [1.165, 1.54) is 24.0 Å². The number of benzene rings is 3. The third-order valence-corrected chi connectivity index (χ3v) is 6.42. The molecule has 1 aliphatic heterocycles. The SMILES string of the molecule is CN(C)c1ccc(C=C2C(=O)N(Cc3ccccc3)c3cc4c(cc32)CCCC4)cc1. The highest BCUT2D eigenvalue weighted by Crippen LogP contribution is 2.42. The van der Waals surface area contributed by atoms with Crippen LogP contribution in [0.3, 0.4) is 0 Å². The zero-order chi connectivity index (χ0) is 21.4. The van der Waals surface area contributed by atoms with Crippen molar-refractivity contribution in [1.29, 1.82) is 0 Å². The molecule has 0 spiro atoms. The minimum atomic E-state index is 0.0953. The van der Waals surface area contributed by atoms with Crippen LogP contribution >= 0.6 is 0 Å². The molecule has 0 unspecified atom stereocenters. The average Bonchev–Trinajstić information content (AvgIpc) is 3.04. The maximum absolute atomic E-state index is 13.6. The molecular weight excluding hydrogens is 380 g/mol. The van der Waals surface area contributed by atoms with E-state index < -0.39 is 0 Å². The number of nitrogens with zero attached hydrogens (tertiary/aromatic N) is 2. The van der Waals surface area contributed by atoms with Gasteiger partial charge in [0.15, 0.2) is 0 Å². The summed E-state index contributed by atoms with van der Waals surface area (Å²) in [6.07, 6.45) is 6.75. The van der Waals surface area contributed by atoms with Crippen LogP contribution in [0.25, 0.3) is 11.6 Å². The highest BCUT2D eigenvalue weighted by molar-refractivity contribution is 6.35. The molecule has 3 aromatic carbocycles. The Morgan fingerprint density at radius 1 is 0.903 bits per heavy atom. The number of fused-ring (bicyclic) bond motifs is 2. The van der Waals surface area contributed by atoms with Crippen molar-refractivity contribution in [2.75, 3.05) is 23.9 Å². The molecule has 0 N–H and O–H groups in total. The summed E-state index contributed by atoms with van der Waals surface area (Å²) in [6.45, 7) is 0.600. The van der Waals surface area contributed by atoms with Gasteiger partial charge < -0.3 is 9.80 Å². The maximum Gasteiger partial charge on any atom is 0.259 e. The summed E-state index contributed by atoms with van der Waals surface area (Å²) < 4.78 is 0. The van der Waals surface area contributed by atoms with Gasteiger partial charge in [-0.1, -0.05) is 42.5 Å². The third kappa shape index (κ3) is 3.76. The molecule has 0 fully saturated rings. The molecule has 1 aliphatic carbocycles. The lowest BCUT2D eigenvalue weighted by Gasteiger charge is -2.21. The van der Waals surface area contributed by atoms with E-state index in [2.05, 4.69) is 59.5 Å². The summed E-state index contributed by atoms with van der Waals surface area (Å²) in [5.41, 5.74) is 9.12. The minimum absolute atomic E-state index is 0.0953. The fraction of sp³-hybridized carbons (Fsp3) is 0.250. The first-order chi connectivity index (χ1) is 15.1. The molecule has 0 atom stereocenters. The lowest BCUT2D eigenvalue weighted by Crippen LogP contribution is -2.25. The third-order valence-electron chi connectivity index (χ3n) is 6.42. The number of carbonyl (C=O) groups excluding carboxylic acids is 1. The van der Waals surface area contributed by atoms with E-state index in [9.17, 15) is 4.79 Å². The number of hydrogen-bond donors (Lipinski definition) is 0. The van der Waals surface area contributed by atoms with Crippen LogP contribution < -0.4 is 9.80 Å². The fourth-order valence-corrected chi connectivity index (χ4v) is 4.68. The molecule has 156 valence electrons. The summed E-state index contributed by atoms with van der Waals surface area (Å²) in [6, 6.07) is 23.2. The summed E-state index contributed by atoms with van der Waals surface area (Å²) in [4.78, 5) is 17.7. The smallest absolute Gasteiger partial charge is 0.259 e. The van der Waals surface area contributed by atoms with E-state index in [0.717, 1.165) is 46.5 Å². The normalized spacial score (nSPS) is 16.4. The zero-order valence-electron chi connectivity index (χ0n) is 18.3. The minimum Gasteiger partial charge on any atom is -0.378 e. The zero-order valence-corrected chi connectivity index (χ0v) is 18.3. The number of rotatable bonds is 4. The Bertz CT molecular complexity index is 1140. The van der Waals surface area contributed by atoms with Crippen LogP contribution in [0.4, 0.5) is 11.4 Å². The summed E-state index contributed by atoms with van der Waals surface area (Å²) in [5.74, 6) is 0.0953. The molecule has 0 bridgehead atoms. The molecular formula is C28H28N2O. The summed E-state index contributed by atoms with van der Waals surface area (Å²) in [5, 5.41) is 0. The van der Waals surface area contributed by atoms with E-state index in [4.69, 9.17) is 0 Å². The van der Waals surface area contributed by atoms with Crippen molar-refractivity contribution in [3.8, 4) is 0 Å². The number of amides is 1. The van der Waals surface area contributed by atoms with Gasteiger partial charge in [0.25, 0.3) is 5.91 Å². The Morgan fingerprint density at radius 3 is 2.26 bits per heavy atom. The highest BCUT2D eigenvalue weighted by atomic mass is 16.2. The molecule has 0 radical (unpaired) electrons. The highest BCUT2D eigenvalue weighted by Gasteiger charge is 2.33. The van der Waals surface area contributed by atoms with E-state index in [1.807, 2.05) is 37.2 Å². The van der Waals surface area contributed by atoms with Crippen LogP contribution in [-0.2, 0) is 24.2 Å². The molecule has 3 aromatic rings. The van der Waals surface area contributed by atoms with Gasteiger partial charge in [0.1, 0.15) is 0 Å². The van der Waals surface area contributed by atoms with Gasteiger partial charge in [-0.25, -0.2) is 0 Å². The Kier molecular flexibility index (Phi) is 5.11. The Balaban J connectivity index is 1.58. The van der Waals surface area contributed by atoms with E-state index in [-0.39, 0.29) is 5.91 Å². The van der Waals surface area contributed by atoms with Crippen LogP contribution in [-0.4, -0.2) is 20.0 Å². The van der Waals surface area contributed by atoms with Crippen molar-refractivity contribution >= 4 is 28.9 Å². The quantitative estimate of drug-likeness (QED) is 0.516. The van der Waals surface area contributed by atoms with Gasteiger partial charge in [0.05, 0.1) is 12.2 Å². The number of carbonyl (C=O) groups is 1. The summed E-state index contributed by atoms with van der Waals surface area (Å²) >= 11 is 0. The maximum atomic E-state index is 13.6. The van der Waals surface area contributed by atoms with Crippen molar-refractivity contribution < 1.29 is 4.79 Å². The monoisotopic (exact) mass is 408 g/mol. The number of hydrogen-bond acceptors (Lipinski definition) is 2. The van der Waals surface area contributed by atoms with E-state index in [0.29, 0.717) is 6.54 Å². The predicted molar refractivity (Wildman–Crippen MR) is 129 cm³/mol. The van der Waals surface area contributed by atoms with Gasteiger partial charge in [-0.2, -0.15) is 0 Å². The van der Waals surface area contributed by atoms with Crippen LogP contribution in [0, 0.1) is 0 Å². The molecule has 3 nitrogen and oxygen atoms in total. The first-order valence-corrected chi connectivity index (χ1v) is 11.1. The molecule has 2 aliphatic rings. The van der Waals surface area contributed by atoms with Crippen LogP contribution in [0.15, 0.2) is 66.7 Å². The topological polar surface area (TPSA) is 23.6 Å². The van der Waals surface area contributed by atoms with Gasteiger partial charge in [-0.05, 0) is 78.3 Å². The molecule has 5 rings (SSSR count). The Morgan fingerprint density at radius 2 is 1.58 bits per heavy atom. The molecule has 3 heteroatoms. The lowest BCUT2D eigenvalue weighted by molar-refractivity contribution is -0.113. The summed E-state index contributed by atoms with van der Waals surface area (Å²) in [7, 11) is 4.07.